The lowest BCUT2D eigenvalue weighted by atomic mass is 9.76. The smallest absolute Gasteiger partial charge is 0.274 e. The fourth-order valence-electron chi connectivity index (χ4n) is 4.32. The number of pyridine rings is 2. The second-order valence-electron chi connectivity index (χ2n) is 11.3. The molecule has 200 valence electrons. The zero-order valence-corrected chi connectivity index (χ0v) is 23.7. The maximum Gasteiger partial charge on any atom is 0.274 e. The molecule has 1 aliphatic rings. The molecule has 9 heteroatoms. The number of amides is 1. The summed E-state index contributed by atoms with van der Waals surface area (Å²) in [6.45, 7) is 11.5. The van der Waals surface area contributed by atoms with Crippen molar-refractivity contribution in [1.29, 1.82) is 0 Å². The van der Waals surface area contributed by atoms with Crippen LogP contribution in [-0.2, 0) is 12.5 Å². The molecule has 1 fully saturated rings. The number of nitrogens with one attached hydrogen (secondary N) is 2. The summed E-state index contributed by atoms with van der Waals surface area (Å²) < 4.78 is 8.05. The SMILES string of the molecule is Cc1ccnc(C)c1Oc1cc(C(C)(C)C(C)(C)O)sc1-c1cn(C)c(=O)c2[nH]c(C(=O)NC3CC3)cc12. The average molecular weight is 535 g/mol. The molecule has 0 bridgehead atoms. The number of hydrogen-bond acceptors (Lipinski definition) is 6. The zero-order chi connectivity index (χ0) is 27.6. The van der Waals surface area contributed by atoms with Gasteiger partial charge in [0.2, 0.25) is 0 Å². The van der Waals surface area contributed by atoms with Crippen LogP contribution in [0.4, 0.5) is 0 Å². The molecule has 4 heterocycles. The highest BCUT2D eigenvalue weighted by molar-refractivity contribution is 7.16. The molecule has 1 saturated carbocycles. The minimum atomic E-state index is -1.01. The van der Waals surface area contributed by atoms with E-state index < -0.39 is 11.0 Å². The van der Waals surface area contributed by atoms with Gasteiger partial charge in [0.15, 0.2) is 5.75 Å². The van der Waals surface area contributed by atoms with Crippen LogP contribution in [0.25, 0.3) is 21.3 Å². The molecule has 1 aliphatic carbocycles. The van der Waals surface area contributed by atoms with E-state index in [4.69, 9.17) is 4.74 Å². The van der Waals surface area contributed by atoms with E-state index in [0.717, 1.165) is 39.4 Å². The number of aromatic amines is 1. The van der Waals surface area contributed by atoms with Gasteiger partial charge < -0.3 is 24.7 Å². The standard InChI is InChI=1S/C29H34N4O4S/c1-15-10-11-30-16(2)24(15)37-21-13-22(28(3,4)29(5,6)36)38-25(21)19-14-33(7)27(35)23-18(19)12-20(32-23)26(34)31-17-8-9-17/h10-14,17,32,36H,8-9H2,1-7H3,(H,31,34). The number of aromatic nitrogens is 3. The largest absolute Gasteiger partial charge is 0.454 e. The molecule has 5 rings (SSSR count). The second kappa shape index (κ2) is 9.10. The minimum absolute atomic E-state index is 0.200. The van der Waals surface area contributed by atoms with Gasteiger partial charge in [-0.1, -0.05) is 13.8 Å². The van der Waals surface area contributed by atoms with Gasteiger partial charge in [-0.2, -0.15) is 0 Å². The Bertz CT molecular complexity index is 1600. The molecular weight excluding hydrogens is 500 g/mol. The van der Waals surface area contributed by atoms with Crippen molar-refractivity contribution < 1.29 is 14.6 Å². The number of aliphatic hydroxyl groups is 1. The Morgan fingerprint density at radius 1 is 1.24 bits per heavy atom. The average Bonchev–Trinajstić information content (AvgIpc) is 3.36. The predicted molar refractivity (Wildman–Crippen MR) is 150 cm³/mol. The summed E-state index contributed by atoms with van der Waals surface area (Å²) in [6, 6.07) is 5.81. The molecule has 4 aromatic rings. The summed E-state index contributed by atoms with van der Waals surface area (Å²) in [4.78, 5) is 35.1. The summed E-state index contributed by atoms with van der Waals surface area (Å²) >= 11 is 1.51. The Balaban J connectivity index is 1.73. The van der Waals surface area contributed by atoms with Crippen LogP contribution < -0.4 is 15.6 Å². The fourth-order valence-corrected chi connectivity index (χ4v) is 5.68. The third-order valence-corrected chi connectivity index (χ3v) is 9.17. The molecular formula is C29H34N4O4S. The number of thiophene rings is 1. The van der Waals surface area contributed by atoms with Gasteiger partial charge in [0.1, 0.15) is 17.0 Å². The number of ether oxygens (including phenoxy) is 1. The lowest BCUT2D eigenvalue weighted by molar-refractivity contribution is 0.0112. The molecule has 0 radical (unpaired) electrons. The van der Waals surface area contributed by atoms with Crippen LogP contribution in [0.5, 0.6) is 11.5 Å². The van der Waals surface area contributed by atoms with E-state index in [0.29, 0.717) is 28.1 Å². The fraction of sp³-hybridized carbons (Fsp3) is 0.414. The molecule has 0 aromatic carbocycles. The molecule has 3 N–H and O–H groups in total. The Kier molecular flexibility index (Phi) is 6.27. The summed E-state index contributed by atoms with van der Waals surface area (Å²) in [7, 11) is 1.70. The van der Waals surface area contributed by atoms with Crippen LogP contribution in [0, 0.1) is 13.8 Å². The quantitative estimate of drug-likeness (QED) is 0.297. The molecule has 8 nitrogen and oxygen atoms in total. The van der Waals surface area contributed by atoms with E-state index in [1.165, 1.54) is 15.9 Å². The number of rotatable bonds is 7. The van der Waals surface area contributed by atoms with Crippen LogP contribution in [-0.4, -0.2) is 37.2 Å². The summed E-state index contributed by atoms with van der Waals surface area (Å²) in [5, 5.41) is 14.6. The van der Waals surface area contributed by atoms with Crippen molar-refractivity contribution in [1.82, 2.24) is 19.9 Å². The number of H-pyrrole nitrogens is 1. The highest BCUT2D eigenvalue weighted by atomic mass is 32.1. The Morgan fingerprint density at radius 3 is 2.58 bits per heavy atom. The molecule has 0 atom stereocenters. The molecule has 0 unspecified atom stereocenters. The first-order valence-electron chi connectivity index (χ1n) is 12.8. The van der Waals surface area contributed by atoms with Crippen molar-refractivity contribution >= 4 is 28.1 Å². The molecule has 1 amide bonds. The highest BCUT2D eigenvalue weighted by Crippen LogP contribution is 2.49. The van der Waals surface area contributed by atoms with E-state index in [-0.39, 0.29) is 17.5 Å². The third-order valence-electron chi connectivity index (χ3n) is 7.70. The molecule has 4 aromatic heterocycles. The van der Waals surface area contributed by atoms with E-state index >= 15 is 0 Å². The summed E-state index contributed by atoms with van der Waals surface area (Å²) in [6.07, 6.45) is 5.48. The maximum atomic E-state index is 13.1. The van der Waals surface area contributed by atoms with Gasteiger partial charge in [-0.15, -0.1) is 11.3 Å². The van der Waals surface area contributed by atoms with Gasteiger partial charge in [-0.05, 0) is 64.3 Å². The third kappa shape index (κ3) is 4.54. The number of hydrogen-bond donors (Lipinski definition) is 3. The normalized spacial score (nSPS) is 14.2. The van der Waals surface area contributed by atoms with E-state index in [2.05, 4.69) is 15.3 Å². The van der Waals surface area contributed by atoms with Gasteiger partial charge in [0.25, 0.3) is 11.5 Å². The van der Waals surface area contributed by atoms with Crippen molar-refractivity contribution in [2.24, 2.45) is 7.05 Å². The van der Waals surface area contributed by atoms with Crippen molar-refractivity contribution in [3.05, 3.63) is 62.8 Å². The first kappa shape index (κ1) is 26.2. The number of aryl methyl sites for hydroxylation is 3. The zero-order valence-electron chi connectivity index (χ0n) is 22.9. The van der Waals surface area contributed by atoms with Crippen molar-refractivity contribution in [3.63, 3.8) is 0 Å². The first-order valence-corrected chi connectivity index (χ1v) is 13.6. The molecule has 38 heavy (non-hydrogen) atoms. The van der Waals surface area contributed by atoms with Gasteiger partial charge in [0, 0.05) is 46.7 Å². The topological polar surface area (TPSA) is 109 Å². The van der Waals surface area contributed by atoms with Gasteiger partial charge in [-0.3, -0.25) is 14.6 Å². The van der Waals surface area contributed by atoms with Crippen molar-refractivity contribution in [3.8, 4) is 21.9 Å². The first-order chi connectivity index (χ1) is 17.8. The van der Waals surface area contributed by atoms with E-state index in [9.17, 15) is 14.7 Å². The van der Waals surface area contributed by atoms with E-state index in [1.54, 1.807) is 39.4 Å². The highest BCUT2D eigenvalue weighted by Gasteiger charge is 2.39. The Hall–Kier alpha value is -3.43. The summed E-state index contributed by atoms with van der Waals surface area (Å²) in [5.74, 6) is 1.05. The number of carbonyl (C=O) groups excluding carboxylic acids is 1. The van der Waals surface area contributed by atoms with Crippen LogP contribution in [0.3, 0.4) is 0 Å². The van der Waals surface area contributed by atoms with Gasteiger partial charge in [-0.25, -0.2) is 0 Å². The van der Waals surface area contributed by atoms with Crippen LogP contribution in [0.2, 0.25) is 0 Å². The molecule has 0 saturated heterocycles. The van der Waals surface area contributed by atoms with Gasteiger partial charge >= 0.3 is 0 Å². The number of fused-ring (bicyclic) bond motifs is 1. The minimum Gasteiger partial charge on any atom is -0.454 e. The van der Waals surface area contributed by atoms with Crippen LogP contribution in [0.1, 0.15) is 67.2 Å². The summed E-state index contributed by atoms with van der Waals surface area (Å²) in [5.41, 5.74) is 1.37. The lowest BCUT2D eigenvalue weighted by Crippen LogP contribution is -2.41. The van der Waals surface area contributed by atoms with Gasteiger partial charge in [0.05, 0.1) is 16.2 Å². The second-order valence-corrected chi connectivity index (χ2v) is 12.4. The van der Waals surface area contributed by atoms with E-state index in [1.807, 2.05) is 39.8 Å². The molecule has 0 spiro atoms. The van der Waals surface area contributed by atoms with Crippen molar-refractivity contribution in [2.45, 2.75) is 71.4 Å². The number of nitrogens with zero attached hydrogens (tertiary/aromatic N) is 2. The van der Waals surface area contributed by atoms with Crippen molar-refractivity contribution in [2.75, 3.05) is 0 Å². The van der Waals surface area contributed by atoms with Crippen LogP contribution in [0.15, 0.2) is 35.4 Å². The number of carbonyl (C=O) groups is 1. The Morgan fingerprint density at radius 2 is 1.95 bits per heavy atom. The monoisotopic (exact) mass is 534 g/mol. The van der Waals surface area contributed by atoms with Crippen LogP contribution >= 0.6 is 11.3 Å². The lowest BCUT2D eigenvalue weighted by Gasteiger charge is -2.36. The Labute approximate surface area is 225 Å². The maximum absolute atomic E-state index is 13.1. The molecule has 0 aliphatic heterocycles. The predicted octanol–water partition coefficient (Wildman–Crippen LogP) is 5.34.